The van der Waals surface area contributed by atoms with Gasteiger partial charge in [0, 0.05) is 6.54 Å². The van der Waals surface area contributed by atoms with Gasteiger partial charge in [-0.15, -0.1) is 0 Å². The Kier molecular flexibility index (Phi) is 4.40. The van der Waals surface area contributed by atoms with Crippen molar-refractivity contribution < 1.29 is 9.15 Å². The molecule has 0 amide bonds. The van der Waals surface area contributed by atoms with Crippen LogP contribution >= 0.6 is 0 Å². The SMILES string of the molecule is CCN(Cc1ccco1)c1ccc(N)c(OC(C)(C)C)n1. The van der Waals surface area contributed by atoms with E-state index in [2.05, 4.69) is 16.8 Å². The van der Waals surface area contributed by atoms with Crippen molar-refractivity contribution in [1.82, 2.24) is 4.98 Å². The van der Waals surface area contributed by atoms with E-state index in [4.69, 9.17) is 14.9 Å². The minimum Gasteiger partial charge on any atom is -0.470 e. The number of pyridine rings is 1. The molecule has 0 atom stereocenters. The summed E-state index contributed by atoms with van der Waals surface area (Å²) in [4.78, 5) is 6.65. The minimum atomic E-state index is -0.336. The van der Waals surface area contributed by atoms with Crippen LogP contribution in [0.2, 0.25) is 0 Å². The van der Waals surface area contributed by atoms with Crippen LogP contribution in [0.25, 0.3) is 0 Å². The summed E-state index contributed by atoms with van der Waals surface area (Å²) in [5.74, 6) is 2.19. The maximum Gasteiger partial charge on any atom is 0.239 e. The number of furan rings is 1. The second-order valence-electron chi connectivity index (χ2n) is 5.87. The van der Waals surface area contributed by atoms with Crippen molar-refractivity contribution in [2.45, 2.75) is 39.8 Å². The maximum atomic E-state index is 5.95. The van der Waals surface area contributed by atoms with Crippen LogP contribution in [0.4, 0.5) is 11.5 Å². The third-order valence-electron chi connectivity index (χ3n) is 2.91. The number of anilines is 2. The van der Waals surface area contributed by atoms with Gasteiger partial charge < -0.3 is 19.8 Å². The molecular formula is C16H23N3O2. The van der Waals surface area contributed by atoms with Crippen molar-refractivity contribution in [1.29, 1.82) is 0 Å². The molecule has 114 valence electrons. The van der Waals surface area contributed by atoms with E-state index in [1.54, 1.807) is 6.26 Å². The molecular weight excluding hydrogens is 266 g/mol. The standard InChI is InChI=1S/C16H23N3O2/c1-5-19(11-12-7-6-10-20-12)14-9-8-13(17)15(18-14)21-16(2,3)4/h6-10H,5,11,17H2,1-4H3. The third-order valence-corrected chi connectivity index (χ3v) is 2.91. The summed E-state index contributed by atoms with van der Waals surface area (Å²) in [6, 6.07) is 7.56. The lowest BCUT2D eigenvalue weighted by Crippen LogP contribution is -2.26. The lowest BCUT2D eigenvalue weighted by molar-refractivity contribution is 0.125. The summed E-state index contributed by atoms with van der Waals surface area (Å²) in [5.41, 5.74) is 6.16. The summed E-state index contributed by atoms with van der Waals surface area (Å²) >= 11 is 0. The number of nitrogens with two attached hydrogens (primary N) is 1. The number of nitrogen functional groups attached to an aromatic ring is 1. The third kappa shape index (κ3) is 4.15. The Balaban J connectivity index is 2.23. The number of hydrogen-bond donors (Lipinski definition) is 1. The molecule has 0 saturated heterocycles. The molecule has 2 aromatic heterocycles. The van der Waals surface area contributed by atoms with Crippen LogP contribution in [-0.4, -0.2) is 17.1 Å². The zero-order valence-electron chi connectivity index (χ0n) is 13.1. The fourth-order valence-corrected chi connectivity index (χ4v) is 1.93. The molecule has 2 N–H and O–H groups in total. The molecule has 0 aromatic carbocycles. The van der Waals surface area contributed by atoms with E-state index in [0.29, 0.717) is 18.1 Å². The average Bonchev–Trinajstić information content (AvgIpc) is 2.90. The molecule has 0 aliphatic rings. The van der Waals surface area contributed by atoms with Crippen molar-refractivity contribution in [3.8, 4) is 5.88 Å². The summed E-state index contributed by atoms with van der Waals surface area (Å²) in [5, 5.41) is 0. The fourth-order valence-electron chi connectivity index (χ4n) is 1.93. The van der Waals surface area contributed by atoms with E-state index in [-0.39, 0.29) is 5.60 Å². The number of ether oxygens (including phenoxy) is 1. The monoisotopic (exact) mass is 289 g/mol. The molecule has 0 aliphatic heterocycles. The molecule has 5 heteroatoms. The quantitative estimate of drug-likeness (QED) is 0.913. The normalized spacial score (nSPS) is 11.4. The number of rotatable bonds is 5. The molecule has 0 bridgehead atoms. The van der Waals surface area contributed by atoms with Gasteiger partial charge in [-0.1, -0.05) is 0 Å². The van der Waals surface area contributed by atoms with Gasteiger partial charge in [0.25, 0.3) is 0 Å². The van der Waals surface area contributed by atoms with Gasteiger partial charge in [0.1, 0.15) is 17.2 Å². The Morgan fingerprint density at radius 1 is 1.29 bits per heavy atom. The van der Waals surface area contributed by atoms with Crippen molar-refractivity contribution in [3.05, 3.63) is 36.3 Å². The first-order valence-electron chi connectivity index (χ1n) is 7.12. The number of aromatic nitrogens is 1. The van der Waals surface area contributed by atoms with Crippen LogP contribution in [-0.2, 0) is 6.54 Å². The highest BCUT2D eigenvalue weighted by atomic mass is 16.5. The van der Waals surface area contributed by atoms with Crippen LogP contribution in [0.15, 0.2) is 34.9 Å². The molecule has 0 fully saturated rings. The second-order valence-corrected chi connectivity index (χ2v) is 5.87. The van der Waals surface area contributed by atoms with Crippen LogP contribution < -0.4 is 15.4 Å². The summed E-state index contributed by atoms with van der Waals surface area (Å²) in [6.07, 6.45) is 1.67. The van der Waals surface area contributed by atoms with Gasteiger partial charge in [-0.25, -0.2) is 0 Å². The topological polar surface area (TPSA) is 64.5 Å². The molecule has 0 unspecified atom stereocenters. The Morgan fingerprint density at radius 3 is 2.62 bits per heavy atom. The van der Waals surface area contributed by atoms with E-state index in [1.165, 1.54) is 0 Å². The predicted molar refractivity (Wildman–Crippen MR) is 84.5 cm³/mol. The molecule has 0 radical (unpaired) electrons. The second kappa shape index (κ2) is 6.08. The highest BCUT2D eigenvalue weighted by Crippen LogP contribution is 2.27. The molecule has 0 aliphatic carbocycles. The van der Waals surface area contributed by atoms with E-state index < -0.39 is 0 Å². The zero-order chi connectivity index (χ0) is 15.5. The van der Waals surface area contributed by atoms with Gasteiger partial charge in [-0.2, -0.15) is 4.98 Å². The predicted octanol–water partition coefficient (Wildman–Crippen LogP) is 3.46. The van der Waals surface area contributed by atoms with E-state index in [1.807, 2.05) is 45.0 Å². The fraction of sp³-hybridized carbons (Fsp3) is 0.438. The molecule has 0 spiro atoms. The molecule has 0 saturated carbocycles. The van der Waals surface area contributed by atoms with Gasteiger partial charge in [-0.05, 0) is 52.0 Å². The van der Waals surface area contributed by atoms with E-state index >= 15 is 0 Å². The van der Waals surface area contributed by atoms with E-state index in [0.717, 1.165) is 18.1 Å². The first-order valence-corrected chi connectivity index (χ1v) is 7.12. The van der Waals surface area contributed by atoms with Gasteiger partial charge >= 0.3 is 0 Å². The molecule has 5 nitrogen and oxygen atoms in total. The van der Waals surface area contributed by atoms with Crippen molar-refractivity contribution in [2.75, 3.05) is 17.2 Å². The number of hydrogen-bond acceptors (Lipinski definition) is 5. The first-order chi connectivity index (χ1) is 9.89. The Bertz CT molecular complexity index is 574. The largest absolute Gasteiger partial charge is 0.470 e. The first kappa shape index (κ1) is 15.2. The van der Waals surface area contributed by atoms with Gasteiger partial charge in [0.05, 0.1) is 18.5 Å². The zero-order valence-corrected chi connectivity index (χ0v) is 13.1. The van der Waals surface area contributed by atoms with Crippen molar-refractivity contribution in [3.63, 3.8) is 0 Å². The summed E-state index contributed by atoms with van der Waals surface area (Å²) < 4.78 is 11.2. The van der Waals surface area contributed by atoms with Gasteiger partial charge in [0.2, 0.25) is 5.88 Å². The highest BCUT2D eigenvalue weighted by molar-refractivity contribution is 5.54. The number of nitrogens with zero attached hydrogens (tertiary/aromatic N) is 2. The van der Waals surface area contributed by atoms with Crippen LogP contribution in [0.5, 0.6) is 5.88 Å². The Morgan fingerprint density at radius 2 is 2.05 bits per heavy atom. The Hall–Kier alpha value is -2.17. The summed E-state index contributed by atoms with van der Waals surface area (Å²) in [7, 11) is 0. The van der Waals surface area contributed by atoms with Crippen molar-refractivity contribution in [2.24, 2.45) is 0 Å². The van der Waals surface area contributed by atoms with Gasteiger partial charge in [0.15, 0.2) is 0 Å². The van der Waals surface area contributed by atoms with Crippen LogP contribution in [0.1, 0.15) is 33.5 Å². The van der Waals surface area contributed by atoms with Crippen LogP contribution in [0.3, 0.4) is 0 Å². The molecule has 2 aromatic rings. The minimum absolute atomic E-state index is 0.336. The smallest absolute Gasteiger partial charge is 0.239 e. The average molecular weight is 289 g/mol. The van der Waals surface area contributed by atoms with Gasteiger partial charge in [-0.3, -0.25) is 0 Å². The molecule has 2 rings (SSSR count). The Labute approximate surface area is 125 Å². The lowest BCUT2D eigenvalue weighted by Gasteiger charge is -2.25. The molecule has 2 heterocycles. The van der Waals surface area contributed by atoms with Crippen LogP contribution in [0, 0.1) is 0 Å². The summed E-state index contributed by atoms with van der Waals surface area (Å²) in [6.45, 7) is 9.47. The lowest BCUT2D eigenvalue weighted by atomic mass is 10.2. The highest BCUT2D eigenvalue weighted by Gasteiger charge is 2.17. The molecule has 21 heavy (non-hydrogen) atoms. The maximum absolute atomic E-state index is 5.95. The van der Waals surface area contributed by atoms with Crippen molar-refractivity contribution >= 4 is 11.5 Å². The van der Waals surface area contributed by atoms with E-state index in [9.17, 15) is 0 Å².